The molecular weight excluding hydrogens is 467 g/mol. The number of carbonyl (C=O) groups excluding carboxylic acids is 1. The first-order chi connectivity index (χ1) is 17.5. The van der Waals surface area contributed by atoms with Crippen molar-refractivity contribution in [2.75, 3.05) is 26.2 Å². The molecule has 1 amide bonds. The van der Waals surface area contributed by atoms with Crippen LogP contribution < -0.4 is 0 Å². The number of carbonyl (C=O) groups is 1. The van der Waals surface area contributed by atoms with Gasteiger partial charge < -0.3 is 9.80 Å². The maximum absolute atomic E-state index is 14.2. The second-order valence-corrected chi connectivity index (χ2v) is 12.3. The van der Waals surface area contributed by atoms with E-state index in [1.165, 1.54) is 35.8 Å². The second kappa shape index (κ2) is 11.4. The summed E-state index contributed by atoms with van der Waals surface area (Å²) in [4.78, 5) is 19.3. The molecular formula is C31H37FN2OS. The van der Waals surface area contributed by atoms with Gasteiger partial charge in [0, 0.05) is 40.2 Å². The zero-order valence-corrected chi connectivity index (χ0v) is 22.3. The van der Waals surface area contributed by atoms with E-state index >= 15 is 0 Å². The highest BCUT2D eigenvalue weighted by Gasteiger charge is 2.30. The van der Waals surface area contributed by atoms with Crippen molar-refractivity contribution in [1.29, 1.82) is 0 Å². The molecule has 5 heteroatoms. The highest BCUT2D eigenvalue weighted by atomic mass is 32.2. The summed E-state index contributed by atoms with van der Waals surface area (Å²) in [5.41, 5.74) is 2.07. The van der Waals surface area contributed by atoms with Gasteiger partial charge in [-0.05, 0) is 86.3 Å². The van der Waals surface area contributed by atoms with Gasteiger partial charge in [-0.25, -0.2) is 4.39 Å². The van der Waals surface area contributed by atoms with Gasteiger partial charge >= 0.3 is 0 Å². The summed E-state index contributed by atoms with van der Waals surface area (Å²) in [6, 6.07) is 20.1. The van der Waals surface area contributed by atoms with Gasteiger partial charge in [0.1, 0.15) is 5.82 Å². The van der Waals surface area contributed by atoms with Crippen LogP contribution in [-0.4, -0.2) is 53.2 Å². The number of hydrogen-bond acceptors (Lipinski definition) is 3. The molecule has 2 saturated heterocycles. The molecule has 2 heterocycles. The fourth-order valence-corrected chi connectivity index (χ4v) is 6.72. The first kappa shape index (κ1) is 25.3. The number of fused-ring (bicyclic) bond motifs is 1. The zero-order chi connectivity index (χ0) is 25.1. The Morgan fingerprint density at radius 1 is 0.889 bits per heavy atom. The molecule has 0 radical (unpaired) electrons. The van der Waals surface area contributed by atoms with E-state index in [2.05, 4.69) is 43.0 Å². The van der Waals surface area contributed by atoms with Crippen LogP contribution in [0.25, 0.3) is 10.8 Å². The third-order valence-corrected chi connectivity index (χ3v) is 8.85. The molecule has 0 bridgehead atoms. The van der Waals surface area contributed by atoms with E-state index in [1.54, 1.807) is 12.1 Å². The minimum atomic E-state index is -0.272. The summed E-state index contributed by atoms with van der Waals surface area (Å²) in [6.07, 6.45) is 5.72. The third-order valence-electron chi connectivity index (χ3n) is 7.84. The summed E-state index contributed by atoms with van der Waals surface area (Å²) in [6.45, 7) is 8.34. The van der Waals surface area contributed by atoms with Crippen LogP contribution in [0.2, 0.25) is 0 Å². The van der Waals surface area contributed by atoms with Crippen molar-refractivity contribution in [1.82, 2.24) is 9.80 Å². The highest BCUT2D eigenvalue weighted by Crippen LogP contribution is 2.29. The maximum Gasteiger partial charge on any atom is 0.254 e. The standard InChI is InChI=1S/C31H37FN2OS/c1-22(2)36-26-9-7-23(8-10-26)21-24-13-17-33(18-14-24)25-15-19-34(20-16-25)31(35)29-11-12-30(32)28-6-4-3-5-27(28)29/h3-12,22,24-25H,13-21H2,1-2H3. The van der Waals surface area contributed by atoms with E-state index in [4.69, 9.17) is 0 Å². The molecule has 2 aliphatic rings. The Morgan fingerprint density at radius 2 is 1.56 bits per heavy atom. The van der Waals surface area contributed by atoms with E-state index in [-0.39, 0.29) is 11.7 Å². The van der Waals surface area contributed by atoms with Crippen LogP contribution in [0.15, 0.2) is 65.6 Å². The van der Waals surface area contributed by atoms with Crippen molar-refractivity contribution < 1.29 is 9.18 Å². The Balaban J connectivity index is 1.11. The molecule has 3 nitrogen and oxygen atoms in total. The summed E-state index contributed by atoms with van der Waals surface area (Å²) in [5, 5.41) is 1.85. The van der Waals surface area contributed by atoms with Gasteiger partial charge in [0.05, 0.1) is 0 Å². The van der Waals surface area contributed by atoms with E-state index in [0.29, 0.717) is 27.6 Å². The number of thioether (sulfide) groups is 1. The molecule has 5 rings (SSSR count). The molecule has 0 aliphatic carbocycles. The minimum Gasteiger partial charge on any atom is -0.339 e. The van der Waals surface area contributed by atoms with Crippen molar-refractivity contribution in [3.05, 3.63) is 77.6 Å². The molecule has 190 valence electrons. The lowest BCUT2D eigenvalue weighted by molar-refractivity contribution is 0.0553. The molecule has 2 fully saturated rings. The van der Waals surface area contributed by atoms with Crippen molar-refractivity contribution in [2.45, 2.75) is 62.1 Å². The summed E-state index contributed by atoms with van der Waals surface area (Å²) >= 11 is 1.92. The Kier molecular flexibility index (Phi) is 7.97. The molecule has 0 unspecified atom stereocenters. The van der Waals surface area contributed by atoms with Crippen LogP contribution in [0.3, 0.4) is 0 Å². The number of amides is 1. The van der Waals surface area contributed by atoms with Gasteiger partial charge in [0.2, 0.25) is 0 Å². The van der Waals surface area contributed by atoms with E-state index < -0.39 is 0 Å². The van der Waals surface area contributed by atoms with Crippen molar-refractivity contribution in [2.24, 2.45) is 5.92 Å². The summed E-state index contributed by atoms with van der Waals surface area (Å²) in [7, 11) is 0. The Morgan fingerprint density at radius 3 is 2.22 bits per heavy atom. The van der Waals surface area contributed by atoms with E-state index in [0.717, 1.165) is 44.9 Å². The predicted molar refractivity (Wildman–Crippen MR) is 148 cm³/mol. The number of hydrogen-bond donors (Lipinski definition) is 0. The van der Waals surface area contributed by atoms with Crippen LogP contribution in [0, 0.1) is 11.7 Å². The molecule has 0 atom stereocenters. The summed E-state index contributed by atoms with van der Waals surface area (Å²) < 4.78 is 14.2. The van der Waals surface area contributed by atoms with Crippen molar-refractivity contribution in [3.63, 3.8) is 0 Å². The average molecular weight is 505 g/mol. The molecule has 3 aromatic carbocycles. The highest BCUT2D eigenvalue weighted by molar-refractivity contribution is 7.99. The molecule has 36 heavy (non-hydrogen) atoms. The van der Waals surface area contributed by atoms with Gasteiger partial charge in [0.15, 0.2) is 0 Å². The van der Waals surface area contributed by atoms with Crippen LogP contribution in [0.1, 0.15) is 55.5 Å². The SMILES string of the molecule is CC(C)Sc1ccc(CC2CCN(C3CCN(C(=O)c4ccc(F)c5ccccc45)CC3)CC2)cc1. The smallest absolute Gasteiger partial charge is 0.254 e. The Bertz CT molecular complexity index is 1180. The number of halogens is 1. The van der Waals surface area contributed by atoms with E-state index in [1.807, 2.05) is 34.9 Å². The zero-order valence-electron chi connectivity index (χ0n) is 21.5. The lowest BCUT2D eigenvalue weighted by Crippen LogP contribution is -2.49. The number of rotatable bonds is 6. The first-order valence-electron chi connectivity index (χ1n) is 13.4. The van der Waals surface area contributed by atoms with Gasteiger partial charge in [0.25, 0.3) is 5.91 Å². The number of benzene rings is 3. The fraction of sp³-hybridized carbons (Fsp3) is 0.452. The fourth-order valence-electron chi connectivity index (χ4n) is 5.89. The maximum atomic E-state index is 14.2. The number of nitrogens with zero attached hydrogens (tertiary/aromatic N) is 2. The monoisotopic (exact) mass is 504 g/mol. The van der Waals surface area contributed by atoms with Gasteiger partial charge in [-0.2, -0.15) is 0 Å². The van der Waals surface area contributed by atoms with Gasteiger partial charge in [-0.1, -0.05) is 50.2 Å². The van der Waals surface area contributed by atoms with Gasteiger partial charge in [-0.15, -0.1) is 11.8 Å². The average Bonchev–Trinajstić information content (AvgIpc) is 2.90. The quantitative estimate of drug-likeness (QED) is 0.337. The predicted octanol–water partition coefficient (Wildman–Crippen LogP) is 7.04. The van der Waals surface area contributed by atoms with E-state index in [9.17, 15) is 9.18 Å². The molecule has 3 aromatic rings. The molecule has 0 saturated carbocycles. The minimum absolute atomic E-state index is 0.0289. The Labute approximate surface area is 219 Å². The van der Waals surface area contributed by atoms with Crippen molar-refractivity contribution >= 4 is 28.4 Å². The molecule has 0 spiro atoms. The molecule has 0 aromatic heterocycles. The number of piperidine rings is 2. The van der Waals surface area contributed by atoms with Crippen LogP contribution >= 0.6 is 11.8 Å². The first-order valence-corrected chi connectivity index (χ1v) is 14.3. The lowest BCUT2D eigenvalue weighted by Gasteiger charge is -2.42. The number of likely N-dealkylation sites (tertiary alicyclic amines) is 2. The normalized spacial score (nSPS) is 18.3. The molecule has 0 N–H and O–H groups in total. The van der Waals surface area contributed by atoms with Gasteiger partial charge in [-0.3, -0.25) is 4.79 Å². The van der Waals surface area contributed by atoms with Crippen molar-refractivity contribution in [3.8, 4) is 0 Å². The third kappa shape index (κ3) is 5.78. The largest absolute Gasteiger partial charge is 0.339 e. The topological polar surface area (TPSA) is 23.6 Å². The second-order valence-electron chi connectivity index (χ2n) is 10.7. The Hall–Kier alpha value is -2.37. The lowest BCUT2D eigenvalue weighted by atomic mass is 9.88. The summed E-state index contributed by atoms with van der Waals surface area (Å²) in [5.74, 6) is 0.519. The molecule has 2 aliphatic heterocycles. The van der Waals surface area contributed by atoms with Crippen LogP contribution in [0.5, 0.6) is 0 Å². The van der Waals surface area contributed by atoms with Crippen LogP contribution in [0.4, 0.5) is 4.39 Å². The van der Waals surface area contributed by atoms with Crippen LogP contribution in [-0.2, 0) is 6.42 Å².